The topological polar surface area (TPSA) is 78.2 Å². The van der Waals surface area contributed by atoms with E-state index in [-0.39, 0.29) is 6.09 Å². The number of fused-ring (bicyclic) bond motifs is 5. The minimum absolute atomic E-state index is 0.239. The third-order valence-corrected chi connectivity index (χ3v) is 9.16. The van der Waals surface area contributed by atoms with Gasteiger partial charge in [-0.15, -0.1) is 0 Å². The number of aromatic carboxylic acids is 1. The van der Waals surface area contributed by atoms with E-state index in [0.29, 0.717) is 18.0 Å². The van der Waals surface area contributed by atoms with Crippen molar-refractivity contribution in [2.45, 2.75) is 51.0 Å². The van der Waals surface area contributed by atoms with Crippen LogP contribution >= 0.6 is 0 Å². The molecule has 0 atom stereocenters. The molecular formula is C32H40N4O4. The Morgan fingerprint density at radius 1 is 0.900 bits per heavy atom. The molecule has 0 radical (unpaired) electrons. The molecule has 3 aromatic rings. The van der Waals surface area contributed by atoms with E-state index in [1.807, 2.05) is 6.07 Å². The molecule has 1 N–H and O–H groups in total. The third kappa shape index (κ3) is 5.05. The van der Waals surface area contributed by atoms with E-state index in [2.05, 4.69) is 44.7 Å². The summed E-state index contributed by atoms with van der Waals surface area (Å²) in [7, 11) is 1.45. The van der Waals surface area contributed by atoms with Crippen LogP contribution < -0.4 is 4.90 Å². The SMILES string of the molecule is COC(=O)N1CCCN(CCN2CCn3c(c(C4CCCCC4)c4ccc(C(=O)O)cc43)-c3ccccc32)CC1. The third-order valence-electron chi connectivity index (χ3n) is 9.16. The fourth-order valence-corrected chi connectivity index (χ4v) is 7.13. The zero-order valence-electron chi connectivity index (χ0n) is 23.5. The predicted octanol–water partition coefficient (Wildman–Crippen LogP) is 5.65. The van der Waals surface area contributed by atoms with E-state index in [0.717, 1.165) is 57.8 Å². The number of para-hydroxylation sites is 1. The van der Waals surface area contributed by atoms with Crippen molar-refractivity contribution in [1.82, 2.24) is 14.4 Å². The summed E-state index contributed by atoms with van der Waals surface area (Å²) < 4.78 is 7.35. The van der Waals surface area contributed by atoms with Gasteiger partial charge in [0.1, 0.15) is 0 Å². The lowest BCUT2D eigenvalue weighted by Crippen LogP contribution is -2.39. The average Bonchev–Trinajstić information content (AvgIpc) is 3.10. The van der Waals surface area contributed by atoms with Gasteiger partial charge in [0.15, 0.2) is 0 Å². The van der Waals surface area contributed by atoms with Crippen LogP contribution in [-0.2, 0) is 11.3 Å². The molecule has 8 nitrogen and oxygen atoms in total. The van der Waals surface area contributed by atoms with Gasteiger partial charge in [0.25, 0.3) is 0 Å². The van der Waals surface area contributed by atoms with Crippen molar-refractivity contribution in [2.24, 2.45) is 0 Å². The van der Waals surface area contributed by atoms with Crippen molar-refractivity contribution in [3.63, 3.8) is 0 Å². The second kappa shape index (κ2) is 11.5. The average molecular weight is 545 g/mol. The maximum Gasteiger partial charge on any atom is 0.409 e. The summed E-state index contributed by atoms with van der Waals surface area (Å²) in [5.41, 5.74) is 6.59. The molecule has 2 aromatic carbocycles. The Kier molecular flexibility index (Phi) is 7.69. The summed E-state index contributed by atoms with van der Waals surface area (Å²) >= 11 is 0. The molecule has 0 bridgehead atoms. The standard InChI is InChI=1S/C32H40N4O4/c1-40-32(39)35-15-7-14-33(17-19-35)16-18-34-20-21-36-28-22-24(31(37)38)12-13-25(28)29(23-8-3-2-4-9-23)30(36)26-10-5-6-11-27(26)34/h5-6,10-13,22-23H,2-4,7-9,14-21H2,1H3,(H,37,38). The van der Waals surface area contributed by atoms with Gasteiger partial charge in [-0.1, -0.05) is 43.5 Å². The number of benzene rings is 2. The lowest BCUT2D eigenvalue weighted by Gasteiger charge is -2.29. The second-order valence-corrected chi connectivity index (χ2v) is 11.4. The maximum absolute atomic E-state index is 12.0. The number of carbonyl (C=O) groups is 2. The highest BCUT2D eigenvalue weighted by molar-refractivity contribution is 5.99. The van der Waals surface area contributed by atoms with Gasteiger partial charge in [0.05, 0.1) is 18.4 Å². The predicted molar refractivity (Wildman–Crippen MR) is 157 cm³/mol. The van der Waals surface area contributed by atoms with Crippen LogP contribution in [0.25, 0.3) is 22.2 Å². The van der Waals surface area contributed by atoms with Gasteiger partial charge in [0.2, 0.25) is 0 Å². The van der Waals surface area contributed by atoms with Crippen LogP contribution in [0.15, 0.2) is 42.5 Å². The fraction of sp³-hybridized carbons (Fsp3) is 0.500. The molecule has 212 valence electrons. The minimum atomic E-state index is -0.879. The molecule has 2 fully saturated rings. The molecule has 1 saturated carbocycles. The van der Waals surface area contributed by atoms with Crippen molar-refractivity contribution in [1.29, 1.82) is 0 Å². The minimum Gasteiger partial charge on any atom is -0.478 e. The molecule has 1 saturated heterocycles. The largest absolute Gasteiger partial charge is 0.478 e. The summed E-state index contributed by atoms with van der Waals surface area (Å²) in [5, 5.41) is 11.0. The first-order chi connectivity index (χ1) is 19.5. The monoisotopic (exact) mass is 544 g/mol. The van der Waals surface area contributed by atoms with E-state index in [1.165, 1.54) is 67.1 Å². The van der Waals surface area contributed by atoms with E-state index in [4.69, 9.17) is 4.74 Å². The number of carbonyl (C=O) groups excluding carboxylic acids is 1. The molecule has 8 heteroatoms. The molecule has 6 rings (SSSR count). The number of carboxylic acids is 1. The highest BCUT2D eigenvalue weighted by Gasteiger charge is 2.31. The van der Waals surface area contributed by atoms with E-state index in [1.54, 1.807) is 11.0 Å². The molecule has 0 spiro atoms. The summed E-state index contributed by atoms with van der Waals surface area (Å²) in [6.45, 7) is 6.74. The lowest BCUT2D eigenvalue weighted by molar-refractivity contribution is 0.0697. The summed E-state index contributed by atoms with van der Waals surface area (Å²) in [6.07, 6.45) is 6.89. The Morgan fingerprint density at radius 2 is 1.73 bits per heavy atom. The van der Waals surface area contributed by atoms with Crippen LogP contribution in [0.5, 0.6) is 0 Å². The Morgan fingerprint density at radius 3 is 2.52 bits per heavy atom. The highest BCUT2D eigenvalue weighted by Crippen LogP contribution is 2.47. The first-order valence-electron chi connectivity index (χ1n) is 14.8. The lowest BCUT2D eigenvalue weighted by atomic mass is 9.81. The highest BCUT2D eigenvalue weighted by atomic mass is 16.5. The number of carboxylic acid groups (broad SMARTS) is 1. The van der Waals surface area contributed by atoms with Crippen LogP contribution in [0.4, 0.5) is 10.5 Å². The van der Waals surface area contributed by atoms with Gasteiger partial charge in [-0.05, 0) is 55.5 Å². The number of rotatable bonds is 5. The Hall–Kier alpha value is -3.52. The number of hydrogen-bond acceptors (Lipinski definition) is 5. The molecule has 3 aliphatic rings. The van der Waals surface area contributed by atoms with E-state index >= 15 is 0 Å². The summed E-state index contributed by atoms with van der Waals surface area (Å²) in [6, 6.07) is 14.5. The van der Waals surface area contributed by atoms with Crippen molar-refractivity contribution < 1.29 is 19.4 Å². The summed E-state index contributed by atoms with van der Waals surface area (Å²) in [5.74, 6) is -0.381. The fourth-order valence-electron chi connectivity index (χ4n) is 7.13. The normalized spacial score (nSPS) is 18.6. The molecule has 2 aliphatic heterocycles. The van der Waals surface area contributed by atoms with Gasteiger partial charge in [-0.25, -0.2) is 9.59 Å². The van der Waals surface area contributed by atoms with E-state index < -0.39 is 5.97 Å². The molecule has 1 aromatic heterocycles. The van der Waals surface area contributed by atoms with Gasteiger partial charge in [-0.3, -0.25) is 4.90 Å². The van der Waals surface area contributed by atoms with Crippen molar-refractivity contribution in [3.8, 4) is 11.3 Å². The van der Waals surface area contributed by atoms with E-state index in [9.17, 15) is 14.7 Å². The molecular weight excluding hydrogens is 504 g/mol. The van der Waals surface area contributed by atoms with Crippen LogP contribution in [0.3, 0.4) is 0 Å². The molecule has 40 heavy (non-hydrogen) atoms. The molecule has 1 amide bonds. The Labute approximate surface area is 236 Å². The summed E-state index contributed by atoms with van der Waals surface area (Å²) in [4.78, 5) is 30.7. The van der Waals surface area contributed by atoms with Crippen LogP contribution in [0.2, 0.25) is 0 Å². The second-order valence-electron chi connectivity index (χ2n) is 11.4. The van der Waals surface area contributed by atoms with Gasteiger partial charge >= 0.3 is 12.1 Å². The van der Waals surface area contributed by atoms with Crippen LogP contribution in [0.1, 0.15) is 60.4 Å². The van der Waals surface area contributed by atoms with Crippen LogP contribution in [0, 0.1) is 0 Å². The maximum atomic E-state index is 12.0. The van der Waals surface area contributed by atoms with Gasteiger partial charge < -0.3 is 24.2 Å². The zero-order valence-corrected chi connectivity index (χ0v) is 23.5. The number of methoxy groups -OCH3 is 1. The number of nitrogens with zero attached hydrogens (tertiary/aromatic N) is 4. The van der Waals surface area contributed by atoms with Crippen molar-refractivity contribution in [2.75, 3.05) is 57.8 Å². The first kappa shape index (κ1) is 26.7. The zero-order chi connectivity index (χ0) is 27.6. The number of hydrogen-bond donors (Lipinski definition) is 1. The smallest absolute Gasteiger partial charge is 0.409 e. The number of ether oxygens (including phenoxy) is 1. The quantitative estimate of drug-likeness (QED) is 0.447. The number of amides is 1. The van der Waals surface area contributed by atoms with Crippen molar-refractivity contribution >= 4 is 28.7 Å². The Balaban J connectivity index is 1.33. The van der Waals surface area contributed by atoms with Gasteiger partial charge in [0, 0.05) is 68.0 Å². The van der Waals surface area contributed by atoms with Crippen LogP contribution in [-0.4, -0.2) is 84.5 Å². The van der Waals surface area contributed by atoms with Gasteiger partial charge in [-0.2, -0.15) is 0 Å². The number of anilines is 1. The number of aromatic nitrogens is 1. The molecule has 0 unspecified atom stereocenters. The van der Waals surface area contributed by atoms with Crippen molar-refractivity contribution in [3.05, 3.63) is 53.6 Å². The molecule has 1 aliphatic carbocycles. The first-order valence-corrected chi connectivity index (χ1v) is 14.8. The molecule has 3 heterocycles. The Bertz CT molecular complexity index is 1390.